The maximum absolute atomic E-state index is 12.2. The maximum atomic E-state index is 12.2. The van der Waals surface area contributed by atoms with Crippen molar-refractivity contribution in [3.8, 4) is 0 Å². The van der Waals surface area contributed by atoms with Gasteiger partial charge in [-0.3, -0.25) is 4.57 Å². The number of aliphatic hydroxyl groups is 1. The van der Waals surface area contributed by atoms with E-state index in [0.29, 0.717) is 17.5 Å². The number of rotatable bonds is 3. The molecule has 2 saturated heterocycles. The Labute approximate surface area is 78.9 Å². The van der Waals surface area contributed by atoms with Crippen LogP contribution in [0.4, 0.5) is 0 Å². The van der Waals surface area contributed by atoms with Gasteiger partial charge in [-0.25, -0.2) is 0 Å². The van der Waals surface area contributed by atoms with Gasteiger partial charge in [-0.1, -0.05) is 6.92 Å². The highest BCUT2D eigenvalue weighted by molar-refractivity contribution is 7.60. The molecule has 0 aromatic rings. The summed E-state index contributed by atoms with van der Waals surface area (Å²) in [7, 11) is -2.36. The largest absolute Gasteiger partial charge is 0.391 e. The van der Waals surface area contributed by atoms with Gasteiger partial charge in [0.2, 0.25) is 7.37 Å². The van der Waals surface area contributed by atoms with Crippen LogP contribution in [-0.4, -0.2) is 29.6 Å². The minimum absolute atomic E-state index is 0.229. The Bertz CT molecular complexity index is 251. The van der Waals surface area contributed by atoms with Gasteiger partial charge >= 0.3 is 0 Å². The molecule has 0 aromatic carbocycles. The average molecular weight is 204 g/mol. The minimum atomic E-state index is -2.36. The van der Waals surface area contributed by atoms with Crippen molar-refractivity contribution in [2.45, 2.75) is 32.0 Å². The molecule has 76 valence electrons. The van der Waals surface area contributed by atoms with Gasteiger partial charge in [0.15, 0.2) is 0 Å². The third-order valence-corrected chi connectivity index (χ3v) is 6.68. The van der Waals surface area contributed by atoms with Crippen LogP contribution in [0.25, 0.3) is 0 Å². The third-order valence-electron chi connectivity index (χ3n) is 3.42. The predicted molar refractivity (Wildman–Crippen MR) is 51.2 cm³/mol. The topological polar surface area (TPSA) is 46.5 Å². The van der Waals surface area contributed by atoms with Gasteiger partial charge in [-0.15, -0.1) is 0 Å². The zero-order valence-electron chi connectivity index (χ0n) is 8.14. The summed E-state index contributed by atoms with van der Waals surface area (Å²) in [6.07, 6.45) is 1.34. The van der Waals surface area contributed by atoms with Gasteiger partial charge in [0.05, 0.1) is 12.7 Å². The van der Waals surface area contributed by atoms with Crippen molar-refractivity contribution in [3.05, 3.63) is 0 Å². The molecular formula is C9H17O3P. The van der Waals surface area contributed by atoms with Crippen molar-refractivity contribution >= 4 is 7.37 Å². The first-order valence-corrected chi connectivity index (χ1v) is 6.82. The van der Waals surface area contributed by atoms with Crippen LogP contribution < -0.4 is 0 Å². The van der Waals surface area contributed by atoms with E-state index in [2.05, 4.69) is 6.92 Å². The zero-order chi connectivity index (χ0) is 9.64. The monoisotopic (exact) mass is 204 g/mol. The lowest BCUT2D eigenvalue weighted by Crippen LogP contribution is -2.30. The number of hydrogen-bond acceptors (Lipinski definition) is 3. The summed E-state index contributed by atoms with van der Waals surface area (Å²) in [5.74, 6) is 1.21. The Balaban J connectivity index is 1.95. The van der Waals surface area contributed by atoms with Crippen LogP contribution in [0.2, 0.25) is 0 Å². The summed E-state index contributed by atoms with van der Waals surface area (Å²) < 4.78 is 17.5. The van der Waals surface area contributed by atoms with Crippen molar-refractivity contribution < 1.29 is 14.2 Å². The molecule has 3 rings (SSSR count). The highest BCUT2D eigenvalue weighted by Gasteiger charge is 2.58. The molecule has 5 unspecified atom stereocenters. The Morgan fingerprint density at radius 1 is 1.69 bits per heavy atom. The molecule has 3 fully saturated rings. The van der Waals surface area contributed by atoms with Crippen molar-refractivity contribution in [1.82, 2.24) is 0 Å². The molecule has 5 atom stereocenters. The normalized spacial score (nSPS) is 50.2. The van der Waals surface area contributed by atoms with Crippen LogP contribution in [0.5, 0.6) is 0 Å². The average Bonchev–Trinajstić information content (AvgIpc) is 2.52. The number of aliphatic hydroxyl groups excluding tert-OH is 1. The molecule has 3 nitrogen and oxygen atoms in total. The van der Waals surface area contributed by atoms with Crippen molar-refractivity contribution in [2.24, 2.45) is 11.8 Å². The molecule has 4 heteroatoms. The fourth-order valence-corrected chi connectivity index (χ4v) is 6.19. The zero-order valence-corrected chi connectivity index (χ0v) is 9.04. The Morgan fingerprint density at radius 2 is 2.38 bits per heavy atom. The van der Waals surface area contributed by atoms with Gasteiger partial charge in [0.1, 0.15) is 0 Å². The van der Waals surface area contributed by atoms with E-state index >= 15 is 0 Å². The summed E-state index contributed by atoms with van der Waals surface area (Å²) in [6, 6.07) is 0. The summed E-state index contributed by atoms with van der Waals surface area (Å²) in [5.41, 5.74) is 0.302. The first-order valence-electron chi connectivity index (χ1n) is 4.94. The van der Waals surface area contributed by atoms with Crippen LogP contribution in [-0.2, 0) is 9.09 Å². The van der Waals surface area contributed by atoms with Crippen LogP contribution in [0.15, 0.2) is 0 Å². The molecule has 1 aliphatic carbocycles. The van der Waals surface area contributed by atoms with Gasteiger partial charge in [0.25, 0.3) is 0 Å². The molecule has 1 N–H and O–H groups in total. The number of hydrogen-bond donors (Lipinski definition) is 1. The molecule has 3 aliphatic rings. The maximum Gasteiger partial charge on any atom is 0.206 e. The molecule has 13 heavy (non-hydrogen) atoms. The molecule has 2 heterocycles. The van der Waals surface area contributed by atoms with E-state index in [-0.39, 0.29) is 6.61 Å². The molecule has 2 aliphatic heterocycles. The Morgan fingerprint density at radius 3 is 2.77 bits per heavy atom. The summed E-state index contributed by atoms with van der Waals surface area (Å²) in [4.78, 5) is 0. The molecule has 0 spiro atoms. The van der Waals surface area contributed by atoms with Gasteiger partial charge in [-0.2, -0.15) is 0 Å². The minimum Gasteiger partial charge on any atom is -0.391 e. The SMILES string of the molecule is CC(O)COP1(=O)CC2CC1C2C. The quantitative estimate of drug-likeness (QED) is 0.712. The van der Waals surface area contributed by atoms with Crippen molar-refractivity contribution in [1.29, 1.82) is 0 Å². The standard InChI is InChI=1S/C9H17O3P/c1-6(10)4-12-13(11)5-8-3-9(13)7(8)2/h6-10H,3-5H2,1-2H3. The molecule has 0 amide bonds. The smallest absolute Gasteiger partial charge is 0.206 e. The number of fused-ring (bicyclic) bond motifs is 1. The Hall–Kier alpha value is 0.150. The highest BCUT2D eigenvalue weighted by Crippen LogP contribution is 2.72. The highest BCUT2D eigenvalue weighted by atomic mass is 31.2. The van der Waals surface area contributed by atoms with Crippen LogP contribution in [0, 0.1) is 11.8 Å². The van der Waals surface area contributed by atoms with Crippen LogP contribution >= 0.6 is 7.37 Å². The lowest BCUT2D eigenvalue weighted by Gasteiger charge is -2.32. The molecular weight excluding hydrogens is 187 g/mol. The van der Waals surface area contributed by atoms with E-state index in [1.54, 1.807) is 6.92 Å². The van der Waals surface area contributed by atoms with Crippen molar-refractivity contribution in [3.63, 3.8) is 0 Å². The van der Waals surface area contributed by atoms with E-state index in [1.807, 2.05) is 0 Å². The van der Waals surface area contributed by atoms with Gasteiger partial charge in [0, 0.05) is 11.8 Å². The van der Waals surface area contributed by atoms with Gasteiger partial charge < -0.3 is 9.63 Å². The first-order chi connectivity index (χ1) is 6.03. The Kier molecular flexibility index (Phi) is 2.30. The van der Waals surface area contributed by atoms with E-state index in [4.69, 9.17) is 9.63 Å². The predicted octanol–water partition coefficient (Wildman–Crippen LogP) is 1.70. The fraction of sp³-hybridized carbons (Fsp3) is 1.00. The van der Waals surface area contributed by atoms with E-state index in [1.165, 1.54) is 0 Å². The van der Waals surface area contributed by atoms with Crippen LogP contribution in [0.1, 0.15) is 20.3 Å². The van der Waals surface area contributed by atoms with E-state index in [9.17, 15) is 4.57 Å². The molecule has 2 bridgehead atoms. The fourth-order valence-electron chi connectivity index (χ4n) is 2.46. The van der Waals surface area contributed by atoms with Crippen molar-refractivity contribution in [2.75, 3.05) is 12.8 Å². The second-order valence-electron chi connectivity index (χ2n) is 4.48. The molecule has 1 saturated carbocycles. The second-order valence-corrected chi connectivity index (χ2v) is 7.21. The van der Waals surface area contributed by atoms with Crippen LogP contribution in [0.3, 0.4) is 0 Å². The second kappa shape index (κ2) is 3.08. The summed E-state index contributed by atoms with van der Waals surface area (Å²) in [5, 5.41) is 9.05. The summed E-state index contributed by atoms with van der Waals surface area (Å²) >= 11 is 0. The van der Waals surface area contributed by atoms with Gasteiger partial charge in [-0.05, 0) is 25.2 Å². The lowest BCUT2D eigenvalue weighted by molar-refractivity contribution is 0.123. The van der Waals surface area contributed by atoms with E-state index < -0.39 is 13.5 Å². The first kappa shape index (κ1) is 9.70. The molecule has 0 aromatic heterocycles. The third kappa shape index (κ3) is 1.47. The lowest BCUT2D eigenvalue weighted by atomic mass is 9.76. The van der Waals surface area contributed by atoms with E-state index in [0.717, 1.165) is 12.6 Å². The summed E-state index contributed by atoms with van der Waals surface area (Å²) in [6.45, 7) is 4.05. The molecule has 0 radical (unpaired) electrons.